The average molecular weight is 373 g/mol. The number of carbonyl (C=O) groups is 1. The molecule has 8 nitrogen and oxygen atoms in total. The highest BCUT2D eigenvalue weighted by atomic mass is 32.2. The summed E-state index contributed by atoms with van der Waals surface area (Å²) in [5.41, 5.74) is 2.45. The smallest absolute Gasteiger partial charge is 0.253 e. The minimum absolute atomic E-state index is 0.165. The monoisotopic (exact) mass is 373 g/mol. The normalized spacial score (nSPS) is 10.8. The molecule has 3 aromatic rings. The van der Waals surface area contributed by atoms with Crippen LogP contribution in [0.25, 0.3) is 5.78 Å². The number of thioether (sulfide) groups is 1. The predicted molar refractivity (Wildman–Crippen MR) is 99.2 cm³/mol. The number of aryl methyl sites for hydroxylation is 2. The fraction of sp³-hybridized carbons (Fsp3) is 0.294. The lowest BCUT2D eigenvalue weighted by atomic mass is 10.2. The fourth-order valence-corrected chi connectivity index (χ4v) is 3.07. The first-order chi connectivity index (χ1) is 12.5. The van der Waals surface area contributed by atoms with Crippen LogP contribution in [0.15, 0.2) is 29.4 Å². The molecule has 9 heteroatoms. The van der Waals surface area contributed by atoms with E-state index in [2.05, 4.69) is 20.4 Å². The van der Waals surface area contributed by atoms with E-state index >= 15 is 0 Å². The Hall–Kier alpha value is -2.81. The minimum Gasteiger partial charge on any atom is -0.493 e. The Balaban J connectivity index is 1.65. The Kier molecular flexibility index (Phi) is 5.27. The molecule has 0 aliphatic carbocycles. The highest BCUT2D eigenvalue weighted by Gasteiger charge is 2.12. The van der Waals surface area contributed by atoms with Crippen molar-refractivity contribution in [3.63, 3.8) is 0 Å². The number of hydrogen-bond donors (Lipinski definition) is 1. The van der Waals surface area contributed by atoms with E-state index in [1.165, 1.54) is 11.8 Å². The van der Waals surface area contributed by atoms with E-state index in [1.54, 1.807) is 36.9 Å². The van der Waals surface area contributed by atoms with E-state index in [9.17, 15) is 4.79 Å². The van der Waals surface area contributed by atoms with Crippen LogP contribution in [0, 0.1) is 13.8 Å². The number of carbonyl (C=O) groups excluding carboxylic acids is 1. The maximum absolute atomic E-state index is 12.2. The van der Waals surface area contributed by atoms with E-state index in [0.717, 1.165) is 11.4 Å². The number of anilines is 1. The van der Waals surface area contributed by atoms with Crippen molar-refractivity contribution in [2.75, 3.05) is 25.3 Å². The Labute approximate surface area is 154 Å². The van der Waals surface area contributed by atoms with Gasteiger partial charge in [-0.1, -0.05) is 11.8 Å². The van der Waals surface area contributed by atoms with Gasteiger partial charge >= 0.3 is 0 Å². The maximum atomic E-state index is 12.2. The first-order valence-electron chi connectivity index (χ1n) is 7.86. The molecule has 1 amide bonds. The lowest BCUT2D eigenvalue weighted by Gasteiger charge is -2.10. The molecule has 0 fully saturated rings. The molecule has 26 heavy (non-hydrogen) atoms. The van der Waals surface area contributed by atoms with Gasteiger partial charge in [0.15, 0.2) is 11.5 Å². The summed E-state index contributed by atoms with van der Waals surface area (Å²) in [5.74, 6) is 1.71. The molecule has 0 saturated heterocycles. The van der Waals surface area contributed by atoms with Crippen LogP contribution in [0.2, 0.25) is 0 Å². The zero-order chi connectivity index (χ0) is 18.7. The van der Waals surface area contributed by atoms with Gasteiger partial charge in [-0.25, -0.2) is 9.50 Å². The molecule has 0 unspecified atom stereocenters. The highest BCUT2D eigenvalue weighted by Crippen LogP contribution is 2.29. The average Bonchev–Trinajstić information content (AvgIpc) is 3.03. The lowest BCUT2D eigenvalue weighted by Crippen LogP contribution is -2.14. The maximum Gasteiger partial charge on any atom is 0.253 e. The molecule has 0 aliphatic heterocycles. The largest absolute Gasteiger partial charge is 0.493 e. The third kappa shape index (κ3) is 3.88. The number of ether oxygens (including phenoxy) is 2. The number of nitrogens with zero attached hydrogens (tertiary/aromatic N) is 4. The summed E-state index contributed by atoms with van der Waals surface area (Å²) in [5, 5.41) is 7.70. The van der Waals surface area contributed by atoms with Gasteiger partial charge in [-0.2, -0.15) is 4.98 Å². The summed E-state index contributed by atoms with van der Waals surface area (Å²) in [6.07, 6.45) is 0. The topological polar surface area (TPSA) is 90.6 Å². The molecule has 0 bridgehead atoms. The molecule has 0 aliphatic rings. The molecule has 0 saturated carbocycles. The molecule has 0 spiro atoms. The van der Waals surface area contributed by atoms with Crippen LogP contribution in [0.5, 0.6) is 11.5 Å². The summed E-state index contributed by atoms with van der Waals surface area (Å²) in [6, 6.07) is 7.13. The van der Waals surface area contributed by atoms with Crippen LogP contribution < -0.4 is 14.8 Å². The summed E-state index contributed by atoms with van der Waals surface area (Å²) >= 11 is 1.25. The van der Waals surface area contributed by atoms with Gasteiger partial charge in [-0.05, 0) is 32.0 Å². The van der Waals surface area contributed by atoms with Gasteiger partial charge in [0.2, 0.25) is 11.1 Å². The lowest BCUT2D eigenvalue weighted by molar-refractivity contribution is -0.113. The number of methoxy groups -OCH3 is 2. The standard InChI is InChI=1S/C17H19N5O3S/c1-10-7-11(2)22-16(18-10)20-17(21-22)26-9-15(23)19-12-5-6-13(24-3)14(8-12)25-4/h5-8H,9H2,1-4H3,(H,19,23). The number of benzene rings is 1. The van der Waals surface area contributed by atoms with Gasteiger partial charge in [-0.15, -0.1) is 5.10 Å². The van der Waals surface area contributed by atoms with Crippen molar-refractivity contribution in [3.05, 3.63) is 35.7 Å². The third-order valence-electron chi connectivity index (χ3n) is 3.60. The second kappa shape index (κ2) is 7.61. The summed E-state index contributed by atoms with van der Waals surface area (Å²) < 4.78 is 12.1. The summed E-state index contributed by atoms with van der Waals surface area (Å²) in [4.78, 5) is 20.9. The van der Waals surface area contributed by atoms with Crippen molar-refractivity contribution in [1.29, 1.82) is 0 Å². The van der Waals surface area contributed by atoms with E-state index in [-0.39, 0.29) is 11.7 Å². The van der Waals surface area contributed by atoms with Gasteiger partial charge in [0, 0.05) is 23.1 Å². The number of rotatable bonds is 6. The SMILES string of the molecule is COc1ccc(NC(=O)CSc2nc3nc(C)cc(C)n3n2)cc1OC. The van der Waals surface area contributed by atoms with Crippen LogP contribution in [-0.2, 0) is 4.79 Å². The van der Waals surface area contributed by atoms with Crippen molar-refractivity contribution in [2.45, 2.75) is 19.0 Å². The predicted octanol–water partition coefficient (Wildman–Crippen LogP) is 2.49. The van der Waals surface area contributed by atoms with Gasteiger partial charge in [0.25, 0.3) is 5.78 Å². The molecular weight excluding hydrogens is 354 g/mol. The van der Waals surface area contributed by atoms with E-state index in [1.807, 2.05) is 19.9 Å². The quantitative estimate of drug-likeness (QED) is 0.664. The number of fused-ring (bicyclic) bond motifs is 1. The van der Waals surface area contributed by atoms with Gasteiger partial charge in [0.1, 0.15) is 0 Å². The Morgan fingerprint density at radius 2 is 1.92 bits per heavy atom. The molecule has 0 radical (unpaired) electrons. The van der Waals surface area contributed by atoms with Gasteiger partial charge < -0.3 is 14.8 Å². The van der Waals surface area contributed by atoms with Crippen molar-refractivity contribution in [3.8, 4) is 11.5 Å². The molecule has 2 aromatic heterocycles. The minimum atomic E-state index is -0.165. The second-order valence-corrected chi connectivity index (χ2v) is 6.49. The van der Waals surface area contributed by atoms with E-state index in [4.69, 9.17) is 9.47 Å². The number of hydrogen-bond acceptors (Lipinski definition) is 7. The summed E-state index contributed by atoms with van der Waals surface area (Å²) in [7, 11) is 3.11. The van der Waals surface area contributed by atoms with Crippen LogP contribution in [-0.4, -0.2) is 45.5 Å². The van der Waals surface area contributed by atoms with E-state index < -0.39 is 0 Å². The van der Waals surface area contributed by atoms with Crippen molar-refractivity contribution in [2.24, 2.45) is 0 Å². The molecule has 3 rings (SSSR count). The molecule has 2 heterocycles. The van der Waals surface area contributed by atoms with Gasteiger partial charge in [0.05, 0.1) is 20.0 Å². The first kappa shape index (κ1) is 18.0. The second-order valence-electron chi connectivity index (χ2n) is 5.55. The van der Waals surface area contributed by atoms with Crippen LogP contribution in [0.3, 0.4) is 0 Å². The Bertz CT molecular complexity index is 957. The molecule has 1 aromatic carbocycles. The molecule has 136 valence electrons. The van der Waals surface area contributed by atoms with E-state index in [0.29, 0.717) is 28.1 Å². The van der Waals surface area contributed by atoms with Crippen molar-refractivity contribution in [1.82, 2.24) is 19.6 Å². The van der Waals surface area contributed by atoms with Crippen LogP contribution in [0.1, 0.15) is 11.4 Å². The van der Waals surface area contributed by atoms with Crippen LogP contribution in [0.4, 0.5) is 5.69 Å². The number of aromatic nitrogens is 4. The first-order valence-corrected chi connectivity index (χ1v) is 8.84. The highest BCUT2D eigenvalue weighted by molar-refractivity contribution is 7.99. The third-order valence-corrected chi connectivity index (χ3v) is 4.44. The molecule has 0 atom stereocenters. The van der Waals surface area contributed by atoms with Crippen molar-refractivity contribution < 1.29 is 14.3 Å². The molecular formula is C17H19N5O3S. The number of nitrogens with one attached hydrogen (secondary N) is 1. The Morgan fingerprint density at radius 3 is 2.65 bits per heavy atom. The Morgan fingerprint density at radius 1 is 1.15 bits per heavy atom. The summed E-state index contributed by atoms with van der Waals surface area (Å²) in [6.45, 7) is 3.85. The zero-order valence-corrected chi connectivity index (χ0v) is 15.8. The zero-order valence-electron chi connectivity index (χ0n) is 14.9. The number of amides is 1. The molecule has 1 N–H and O–H groups in total. The van der Waals surface area contributed by atoms with Crippen molar-refractivity contribution >= 4 is 29.1 Å². The van der Waals surface area contributed by atoms with Crippen LogP contribution >= 0.6 is 11.8 Å². The van der Waals surface area contributed by atoms with Gasteiger partial charge in [-0.3, -0.25) is 4.79 Å². The fourth-order valence-electron chi connectivity index (χ4n) is 2.45.